The molecule has 4 rings (SSSR count). The number of carbonyl (C=O) groups excluding carboxylic acids is 3. The quantitative estimate of drug-likeness (QED) is 0.750. The molecular formula is C22H29N5O3. The lowest BCUT2D eigenvalue weighted by molar-refractivity contribution is -0.138. The predicted octanol–water partition coefficient (Wildman–Crippen LogP) is 1.41. The predicted molar refractivity (Wildman–Crippen MR) is 114 cm³/mol. The highest BCUT2D eigenvalue weighted by molar-refractivity contribution is 6.02. The fourth-order valence-corrected chi connectivity index (χ4v) is 4.66. The Labute approximate surface area is 177 Å². The minimum Gasteiger partial charge on any atom is -0.368 e. The number of benzene rings is 1. The maximum absolute atomic E-state index is 13.4. The molecule has 160 valence electrons. The van der Waals surface area contributed by atoms with E-state index in [2.05, 4.69) is 17.0 Å². The van der Waals surface area contributed by atoms with Crippen molar-refractivity contribution in [2.75, 3.05) is 51.7 Å². The summed E-state index contributed by atoms with van der Waals surface area (Å²) in [6, 6.07) is 9.87. The van der Waals surface area contributed by atoms with Crippen LogP contribution in [0, 0.1) is 5.92 Å². The SMILES string of the molecule is CCCN1C(C(=O)N2CCN(c3ccccc3)CC2)=CC2C(=O)N(C)C(=O)N(C)C21. The van der Waals surface area contributed by atoms with Gasteiger partial charge < -0.3 is 19.6 Å². The Hall–Kier alpha value is -3.03. The van der Waals surface area contributed by atoms with Gasteiger partial charge in [0.1, 0.15) is 11.9 Å². The number of hydrogen-bond donors (Lipinski definition) is 0. The topological polar surface area (TPSA) is 67.4 Å². The van der Waals surface area contributed by atoms with E-state index in [0.29, 0.717) is 25.3 Å². The number of anilines is 1. The van der Waals surface area contributed by atoms with Crippen LogP contribution in [0.4, 0.5) is 10.5 Å². The maximum Gasteiger partial charge on any atom is 0.327 e. The fourth-order valence-electron chi connectivity index (χ4n) is 4.66. The molecule has 2 saturated heterocycles. The van der Waals surface area contributed by atoms with Crippen LogP contribution >= 0.6 is 0 Å². The Bertz CT molecular complexity index is 863. The number of urea groups is 1. The molecule has 0 N–H and O–H groups in total. The van der Waals surface area contributed by atoms with E-state index in [0.717, 1.165) is 30.1 Å². The average molecular weight is 412 g/mol. The van der Waals surface area contributed by atoms with E-state index in [1.54, 1.807) is 18.0 Å². The van der Waals surface area contributed by atoms with Gasteiger partial charge in [-0.3, -0.25) is 14.5 Å². The highest BCUT2D eigenvalue weighted by Gasteiger charge is 2.50. The Morgan fingerprint density at radius 1 is 1.03 bits per heavy atom. The second-order valence-corrected chi connectivity index (χ2v) is 8.09. The van der Waals surface area contributed by atoms with E-state index in [-0.39, 0.29) is 17.8 Å². The lowest BCUT2D eigenvalue weighted by atomic mass is 10.0. The fraction of sp³-hybridized carbons (Fsp3) is 0.500. The van der Waals surface area contributed by atoms with Crippen molar-refractivity contribution in [1.29, 1.82) is 0 Å². The normalized spacial score (nSPS) is 24.4. The van der Waals surface area contributed by atoms with Gasteiger partial charge in [0.15, 0.2) is 0 Å². The van der Waals surface area contributed by atoms with E-state index < -0.39 is 12.1 Å². The number of amides is 4. The summed E-state index contributed by atoms with van der Waals surface area (Å²) in [5, 5.41) is 0. The van der Waals surface area contributed by atoms with Crippen molar-refractivity contribution >= 4 is 23.5 Å². The number of carbonyl (C=O) groups is 3. The third-order valence-electron chi connectivity index (χ3n) is 6.26. The largest absolute Gasteiger partial charge is 0.368 e. The second kappa shape index (κ2) is 8.01. The van der Waals surface area contributed by atoms with Crippen LogP contribution in [0.15, 0.2) is 42.1 Å². The van der Waals surface area contributed by atoms with Crippen molar-refractivity contribution in [2.45, 2.75) is 19.5 Å². The molecule has 0 aromatic heterocycles. The summed E-state index contributed by atoms with van der Waals surface area (Å²) < 4.78 is 0. The number of rotatable bonds is 4. The van der Waals surface area contributed by atoms with Crippen LogP contribution in [0.2, 0.25) is 0 Å². The molecule has 0 radical (unpaired) electrons. The first-order valence-electron chi connectivity index (χ1n) is 10.6. The van der Waals surface area contributed by atoms with E-state index in [1.807, 2.05) is 34.9 Å². The molecule has 2 fully saturated rings. The lowest BCUT2D eigenvalue weighted by Gasteiger charge is -2.43. The summed E-state index contributed by atoms with van der Waals surface area (Å²) in [6.45, 7) is 5.45. The van der Waals surface area contributed by atoms with E-state index >= 15 is 0 Å². The van der Waals surface area contributed by atoms with Gasteiger partial charge in [-0.1, -0.05) is 25.1 Å². The van der Waals surface area contributed by atoms with Gasteiger partial charge in [0.2, 0.25) is 5.91 Å². The van der Waals surface area contributed by atoms with Crippen molar-refractivity contribution in [3.8, 4) is 0 Å². The van der Waals surface area contributed by atoms with Crippen LogP contribution in [0.1, 0.15) is 13.3 Å². The summed E-state index contributed by atoms with van der Waals surface area (Å²) in [7, 11) is 3.20. The van der Waals surface area contributed by atoms with Gasteiger partial charge >= 0.3 is 6.03 Å². The monoisotopic (exact) mass is 411 g/mol. The van der Waals surface area contributed by atoms with Gasteiger partial charge in [0.25, 0.3) is 5.91 Å². The molecule has 0 bridgehead atoms. The van der Waals surface area contributed by atoms with Crippen LogP contribution in [-0.4, -0.2) is 90.4 Å². The first kappa shape index (κ1) is 20.3. The van der Waals surface area contributed by atoms with E-state index in [9.17, 15) is 14.4 Å². The number of hydrogen-bond acceptors (Lipinski definition) is 5. The number of nitrogens with zero attached hydrogens (tertiary/aromatic N) is 5. The van der Waals surface area contributed by atoms with Crippen molar-refractivity contribution in [3.05, 3.63) is 42.1 Å². The zero-order valence-electron chi connectivity index (χ0n) is 17.8. The molecule has 1 aromatic rings. The summed E-state index contributed by atoms with van der Waals surface area (Å²) in [5.41, 5.74) is 1.71. The zero-order chi connectivity index (χ0) is 21.4. The van der Waals surface area contributed by atoms with Crippen LogP contribution in [0.5, 0.6) is 0 Å². The Balaban J connectivity index is 1.52. The molecule has 4 amide bonds. The molecule has 3 aliphatic heterocycles. The van der Waals surface area contributed by atoms with Crippen molar-refractivity contribution in [1.82, 2.24) is 19.6 Å². The minimum absolute atomic E-state index is 0.0538. The molecule has 0 aliphatic carbocycles. The summed E-state index contributed by atoms with van der Waals surface area (Å²) in [5.74, 6) is -0.809. The molecule has 0 saturated carbocycles. The van der Waals surface area contributed by atoms with Crippen LogP contribution in [-0.2, 0) is 9.59 Å². The summed E-state index contributed by atoms with van der Waals surface area (Å²) >= 11 is 0. The molecular weight excluding hydrogens is 382 g/mol. The Morgan fingerprint density at radius 2 is 1.70 bits per heavy atom. The van der Waals surface area contributed by atoms with Gasteiger partial charge in [0, 0.05) is 52.5 Å². The van der Waals surface area contributed by atoms with E-state index in [1.165, 1.54) is 7.05 Å². The number of imide groups is 1. The van der Waals surface area contributed by atoms with Gasteiger partial charge in [0.05, 0.1) is 5.92 Å². The van der Waals surface area contributed by atoms with Gasteiger partial charge in [-0.2, -0.15) is 0 Å². The van der Waals surface area contributed by atoms with Crippen molar-refractivity contribution in [2.24, 2.45) is 5.92 Å². The molecule has 8 nitrogen and oxygen atoms in total. The highest BCUT2D eigenvalue weighted by Crippen LogP contribution is 2.35. The molecule has 30 heavy (non-hydrogen) atoms. The standard InChI is InChI=1S/C22H29N5O3/c1-4-10-27-18(15-17-19(27)23(2)22(30)24(3)20(17)28)21(29)26-13-11-25(12-14-26)16-8-6-5-7-9-16/h5-9,15,17,19H,4,10-14H2,1-3H3. The molecule has 2 unspecified atom stereocenters. The molecule has 0 spiro atoms. The second-order valence-electron chi connectivity index (χ2n) is 8.09. The number of fused-ring (bicyclic) bond motifs is 1. The highest BCUT2D eigenvalue weighted by atomic mass is 16.2. The third kappa shape index (κ3) is 3.30. The Kier molecular flexibility index (Phi) is 5.40. The van der Waals surface area contributed by atoms with E-state index in [4.69, 9.17) is 0 Å². The van der Waals surface area contributed by atoms with Crippen molar-refractivity contribution < 1.29 is 14.4 Å². The van der Waals surface area contributed by atoms with Crippen LogP contribution in [0.25, 0.3) is 0 Å². The minimum atomic E-state index is -0.506. The first-order valence-corrected chi connectivity index (χ1v) is 10.6. The van der Waals surface area contributed by atoms with Gasteiger partial charge in [-0.05, 0) is 24.6 Å². The van der Waals surface area contributed by atoms with Gasteiger partial charge in [-0.25, -0.2) is 4.79 Å². The molecule has 3 heterocycles. The average Bonchev–Trinajstić information content (AvgIpc) is 3.16. The third-order valence-corrected chi connectivity index (χ3v) is 6.26. The number of para-hydroxylation sites is 1. The smallest absolute Gasteiger partial charge is 0.327 e. The summed E-state index contributed by atoms with van der Waals surface area (Å²) in [4.78, 5) is 47.4. The maximum atomic E-state index is 13.4. The molecule has 2 atom stereocenters. The zero-order valence-corrected chi connectivity index (χ0v) is 17.8. The number of piperazine rings is 1. The molecule has 3 aliphatic rings. The van der Waals surface area contributed by atoms with Crippen LogP contribution < -0.4 is 4.90 Å². The molecule has 8 heteroatoms. The Morgan fingerprint density at radius 3 is 2.33 bits per heavy atom. The molecule has 1 aromatic carbocycles. The van der Waals surface area contributed by atoms with Gasteiger partial charge in [-0.15, -0.1) is 0 Å². The first-order chi connectivity index (χ1) is 14.4. The van der Waals surface area contributed by atoms with Crippen molar-refractivity contribution in [3.63, 3.8) is 0 Å². The lowest BCUT2D eigenvalue weighted by Crippen LogP contribution is -2.62. The van der Waals surface area contributed by atoms with Crippen LogP contribution in [0.3, 0.4) is 0 Å². The summed E-state index contributed by atoms with van der Waals surface area (Å²) in [6.07, 6.45) is 2.17.